The number of aromatic hydroxyl groups is 1. The van der Waals surface area contributed by atoms with Crippen LogP contribution in [0.25, 0.3) is 0 Å². The normalized spacial score (nSPS) is 31.3. The first-order valence-corrected chi connectivity index (χ1v) is 15.6. The number of phenols is 1. The van der Waals surface area contributed by atoms with Gasteiger partial charge >= 0.3 is 11.9 Å². The Kier molecular flexibility index (Phi) is 10.2. The summed E-state index contributed by atoms with van der Waals surface area (Å²) < 4.78 is 30.6. The van der Waals surface area contributed by atoms with E-state index in [0.29, 0.717) is 0 Å². The number of hydrogen-bond donors (Lipinski definition) is 1. The lowest BCUT2D eigenvalue weighted by Crippen LogP contribution is -2.47. The fourth-order valence-electron chi connectivity index (χ4n) is 6.98. The van der Waals surface area contributed by atoms with Crippen LogP contribution in [0.3, 0.4) is 0 Å². The molecule has 0 saturated carbocycles. The summed E-state index contributed by atoms with van der Waals surface area (Å²) in [7, 11) is 3.40. The number of esters is 2. The second-order valence-corrected chi connectivity index (χ2v) is 13.6. The number of hydrogen-bond acceptors (Lipinski definition) is 8. The Hall–Kier alpha value is -2.36. The highest BCUT2D eigenvalue weighted by Crippen LogP contribution is 2.53. The molecule has 2 heterocycles. The van der Waals surface area contributed by atoms with Gasteiger partial charge in [0.25, 0.3) is 0 Å². The van der Waals surface area contributed by atoms with Crippen LogP contribution in [0.15, 0.2) is 45.7 Å². The van der Waals surface area contributed by atoms with Crippen molar-refractivity contribution in [1.29, 1.82) is 0 Å². The van der Waals surface area contributed by atoms with Gasteiger partial charge in [-0.25, -0.2) is 4.79 Å². The number of benzene rings is 1. The van der Waals surface area contributed by atoms with E-state index in [1.807, 2.05) is 6.07 Å². The van der Waals surface area contributed by atoms with Crippen molar-refractivity contribution in [2.75, 3.05) is 14.2 Å². The Balaban J connectivity index is 1.58. The average molecular weight is 650 g/mol. The van der Waals surface area contributed by atoms with Crippen molar-refractivity contribution in [3.63, 3.8) is 0 Å². The van der Waals surface area contributed by atoms with Crippen molar-refractivity contribution in [2.24, 2.45) is 23.2 Å². The Morgan fingerprint density at radius 1 is 1.19 bits per heavy atom. The maximum absolute atomic E-state index is 13.1. The summed E-state index contributed by atoms with van der Waals surface area (Å²) >= 11 is 3.59. The van der Waals surface area contributed by atoms with Gasteiger partial charge in [-0.2, -0.15) is 0 Å². The number of rotatable bonds is 9. The standard InChI is InChI=1S/C33H45BrO8/c1-17(9-12-25(38-7)23-13-21(35)10-11-24(23)34)30-19(3)31(39-8)29-22(18(2)16-33(5,6)32(29)42-30)14-27(36)41-26-15-28(37)40-20(26)4/h10-11,13-14,17-20,25-26,30-31,35H,9,12,15-16H2,1-8H3/t17-,18+,19+,20+,25-,26+,30+,31+/m0/s1. The van der Waals surface area contributed by atoms with Gasteiger partial charge in [-0.1, -0.05) is 50.5 Å². The van der Waals surface area contributed by atoms with Crippen LogP contribution in [-0.2, 0) is 33.3 Å². The molecular formula is C33H45BrO8. The van der Waals surface area contributed by atoms with E-state index in [1.165, 1.54) is 0 Å². The van der Waals surface area contributed by atoms with E-state index < -0.39 is 18.2 Å². The van der Waals surface area contributed by atoms with Crippen LogP contribution in [0.2, 0.25) is 0 Å². The summed E-state index contributed by atoms with van der Waals surface area (Å²) in [5, 5.41) is 10.0. The number of carbonyl (C=O) groups is 2. The summed E-state index contributed by atoms with van der Waals surface area (Å²) in [6.45, 7) is 12.6. The van der Waals surface area contributed by atoms with Crippen LogP contribution < -0.4 is 0 Å². The van der Waals surface area contributed by atoms with Crippen LogP contribution in [-0.4, -0.2) is 55.7 Å². The van der Waals surface area contributed by atoms with Gasteiger partial charge in [0.2, 0.25) is 0 Å². The number of cyclic esters (lactones) is 1. The van der Waals surface area contributed by atoms with Crippen LogP contribution >= 0.6 is 15.9 Å². The number of allylic oxidation sites excluding steroid dienone is 1. The van der Waals surface area contributed by atoms with Crippen molar-refractivity contribution < 1.29 is 38.4 Å². The summed E-state index contributed by atoms with van der Waals surface area (Å²) in [6, 6.07) is 5.22. The number of methoxy groups -OCH3 is 2. The van der Waals surface area contributed by atoms with E-state index in [2.05, 4.69) is 50.5 Å². The van der Waals surface area contributed by atoms with E-state index in [4.69, 9.17) is 23.7 Å². The van der Waals surface area contributed by atoms with Gasteiger partial charge in [-0.15, -0.1) is 0 Å². The third-order valence-corrected chi connectivity index (χ3v) is 9.83. The maximum atomic E-state index is 13.1. The van der Waals surface area contributed by atoms with Crippen molar-refractivity contribution in [3.05, 3.63) is 51.2 Å². The summed E-state index contributed by atoms with van der Waals surface area (Å²) in [6.07, 6.45) is 2.40. The Morgan fingerprint density at radius 2 is 1.90 bits per heavy atom. The van der Waals surface area contributed by atoms with Gasteiger partial charge in [0.1, 0.15) is 29.8 Å². The van der Waals surface area contributed by atoms with E-state index in [0.717, 1.165) is 46.2 Å². The first kappa shape index (κ1) is 32.6. The molecule has 9 heteroatoms. The fourth-order valence-corrected chi connectivity index (χ4v) is 7.48. The fraction of sp³-hybridized carbons (Fsp3) is 0.636. The lowest BCUT2D eigenvalue weighted by molar-refractivity contribution is -0.147. The number of halogens is 1. The zero-order chi connectivity index (χ0) is 30.9. The van der Waals surface area contributed by atoms with Gasteiger partial charge < -0.3 is 28.8 Å². The van der Waals surface area contributed by atoms with Gasteiger partial charge in [0, 0.05) is 41.7 Å². The lowest BCUT2D eigenvalue weighted by Gasteiger charge is -2.49. The van der Waals surface area contributed by atoms with Crippen molar-refractivity contribution >= 4 is 27.9 Å². The maximum Gasteiger partial charge on any atom is 0.331 e. The molecule has 0 bridgehead atoms. The van der Waals surface area contributed by atoms with E-state index in [-0.39, 0.29) is 59.6 Å². The molecule has 3 aliphatic rings. The molecular weight excluding hydrogens is 604 g/mol. The van der Waals surface area contributed by atoms with Gasteiger partial charge in [-0.3, -0.25) is 4.79 Å². The molecule has 1 N–H and O–H groups in total. The van der Waals surface area contributed by atoms with Crippen LogP contribution in [0.1, 0.15) is 78.9 Å². The smallest absolute Gasteiger partial charge is 0.331 e. The predicted octanol–water partition coefficient (Wildman–Crippen LogP) is 6.80. The second-order valence-electron chi connectivity index (χ2n) is 12.8. The molecule has 8 atom stereocenters. The molecule has 4 rings (SSSR count). The minimum atomic E-state index is -0.591. The molecule has 1 saturated heterocycles. The molecule has 2 aliphatic heterocycles. The Bertz CT molecular complexity index is 1240. The number of phenolic OH excluding ortho intramolecular Hbond substituents is 1. The first-order valence-electron chi connectivity index (χ1n) is 14.8. The highest BCUT2D eigenvalue weighted by Gasteiger charge is 2.49. The summed E-state index contributed by atoms with van der Waals surface area (Å²) in [4.78, 5) is 24.8. The van der Waals surface area contributed by atoms with Crippen molar-refractivity contribution in [2.45, 2.75) is 97.7 Å². The minimum Gasteiger partial charge on any atom is -0.508 e. The average Bonchev–Trinajstić information content (AvgIpc) is 3.23. The van der Waals surface area contributed by atoms with Crippen LogP contribution in [0, 0.1) is 23.2 Å². The molecule has 0 amide bonds. The van der Waals surface area contributed by atoms with Gasteiger partial charge in [0.05, 0.1) is 18.6 Å². The first-order chi connectivity index (χ1) is 19.8. The minimum absolute atomic E-state index is 0.0126. The molecule has 8 nitrogen and oxygen atoms in total. The molecule has 232 valence electrons. The molecule has 42 heavy (non-hydrogen) atoms. The largest absolute Gasteiger partial charge is 0.508 e. The van der Waals surface area contributed by atoms with Gasteiger partial charge in [0.15, 0.2) is 0 Å². The molecule has 1 fully saturated rings. The lowest BCUT2D eigenvalue weighted by atomic mass is 9.65. The van der Waals surface area contributed by atoms with E-state index in [9.17, 15) is 14.7 Å². The second kappa shape index (κ2) is 13.1. The van der Waals surface area contributed by atoms with Crippen molar-refractivity contribution in [3.8, 4) is 5.75 Å². The highest BCUT2D eigenvalue weighted by atomic mass is 79.9. The monoisotopic (exact) mass is 648 g/mol. The van der Waals surface area contributed by atoms with Crippen LogP contribution in [0.4, 0.5) is 0 Å². The summed E-state index contributed by atoms with van der Waals surface area (Å²) in [5.41, 5.74) is 2.45. The molecule has 0 spiro atoms. The van der Waals surface area contributed by atoms with E-state index in [1.54, 1.807) is 39.4 Å². The third-order valence-electron chi connectivity index (χ3n) is 9.11. The molecule has 1 aliphatic carbocycles. The summed E-state index contributed by atoms with van der Waals surface area (Å²) in [5.74, 6) is 0.500. The van der Waals surface area contributed by atoms with Crippen molar-refractivity contribution in [1.82, 2.24) is 0 Å². The third kappa shape index (κ3) is 6.73. The number of ether oxygens (including phenoxy) is 5. The molecule has 0 aromatic heterocycles. The zero-order valence-electron chi connectivity index (χ0n) is 25.9. The molecule has 1 aromatic rings. The highest BCUT2D eigenvalue weighted by molar-refractivity contribution is 9.10. The molecule has 0 unspecified atom stereocenters. The molecule has 0 radical (unpaired) electrons. The quantitative estimate of drug-likeness (QED) is 0.230. The molecule has 1 aromatic carbocycles. The number of carbonyl (C=O) groups excluding carboxylic acids is 2. The van der Waals surface area contributed by atoms with Crippen LogP contribution in [0.5, 0.6) is 5.75 Å². The zero-order valence-corrected chi connectivity index (χ0v) is 27.5. The Labute approximate surface area is 257 Å². The SMILES string of the molecule is CO[C@@H](CC[C@H](C)[C@H]1OC2=C(C(=CC(=O)O[C@@H]3CC(=O)O[C@@H]3C)[C@H](C)CC2(C)C)[C@H](OC)[C@@H]1C)c1cc(O)ccc1Br. The Morgan fingerprint density at radius 3 is 2.52 bits per heavy atom. The predicted molar refractivity (Wildman–Crippen MR) is 162 cm³/mol. The van der Waals surface area contributed by atoms with Gasteiger partial charge in [-0.05, 0) is 67.4 Å². The topological polar surface area (TPSA) is 101 Å². The van der Waals surface area contributed by atoms with E-state index >= 15 is 0 Å².